The molecule has 146 valence electrons. The molecule has 0 unspecified atom stereocenters. The summed E-state index contributed by atoms with van der Waals surface area (Å²) in [5, 5.41) is 0. The first-order chi connectivity index (χ1) is 6.16. The average molecular weight is 329 g/mol. The van der Waals surface area contributed by atoms with Crippen molar-refractivity contribution in [2.75, 3.05) is 0 Å². The van der Waals surface area contributed by atoms with Gasteiger partial charge in [-0.1, -0.05) is 73.3 Å². The quantitative estimate of drug-likeness (QED) is 0.455. The minimum absolute atomic E-state index is 0. The minimum atomic E-state index is -0.564. The van der Waals surface area contributed by atoms with Gasteiger partial charge in [-0.15, -0.1) is 0 Å². The molecule has 0 aromatic carbocycles. The van der Waals surface area contributed by atoms with Crippen LogP contribution in [-0.4, -0.2) is 17.4 Å². The number of ether oxygens (including phenoxy) is 2. The Balaban J connectivity index is -0.0000000408. The SMILES string of the molecule is C.C.C.C.C.C.C.C.CCC1(C)C(C)(C)OC(=O)OC1(C)C. The molecule has 1 heterocycles. The molecule has 0 saturated carbocycles. The number of hydrogen-bond donors (Lipinski definition) is 0. The molecule has 0 bridgehead atoms. The third kappa shape index (κ3) is 7.02. The lowest BCUT2D eigenvalue weighted by Crippen LogP contribution is -2.62. The maximum Gasteiger partial charge on any atom is 0.509 e. The summed E-state index contributed by atoms with van der Waals surface area (Å²) in [5.41, 5.74) is -1.14. The summed E-state index contributed by atoms with van der Waals surface area (Å²) >= 11 is 0. The highest BCUT2D eigenvalue weighted by Gasteiger charge is 2.58. The fourth-order valence-electron chi connectivity index (χ4n) is 2.24. The van der Waals surface area contributed by atoms with Gasteiger partial charge in [0.15, 0.2) is 0 Å². The molecule has 0 atom stereocenters. The second-order valence-corrected chi connectivity index (χ2v) is 5.16. The van der Waals surface area contributed by atoms with Crippen molar-refractivity contribution in [3.63, 3.8) is 0 Å². The smallest absolute Gasteiger partial charge is 0.428 e. The van der Waals surface area contributed by atoms with Crippen molar-refractivity contribution in [2.45, 2.75) is 119 Å². The zero-order valence-electron chi connectivity index (χ0n) is 9.93. The summed E-state index contributed by atoms with van der Waals surface area (Å²) in [5.74, 6) is 0. The third-order valence-corrected chi connectivity index (χ3v) is 4.04. The van der Waals surface area contributed by atoms with Crippen molar-refractivity contribution in [1.29, 1.82) is 0 Å². The Kier molecular flexibility index (Phi) is 31.4. The third-order valence-electron chi connectivity index (χ3n) is 4.04. The van der Waals surface area contributed by atoms with Gasteiger partial charge in [0.05, 0.1) is 0 Å². The van der Waals surface area contributed by atoms with E-state index in [0.29, 0.717) is 0 Å². The Morgan fingerprint density at radius 1 is 0.682 bits per heavy atom. The number of hydrogen-bond acceptors (Lipinski definition) is 3. The molecule has 0 amide bonds. The monoisotopic (exact) mass is 328 g/mol. The summed E-state index contributed by atoms with van der Waals surface area (Å²) in [6.45, 7) is 12.0. The van der Waals surface area contributed by atoms with Gasteiger partial charge < -0.3 is 9.47 Å². The predicted octanol–water partition coefficient (Wildman–Crippen LogP) is 8.22. The zero-order chi connectivity index (χ0) is 11.2. The van der Waals surface area contributed by atoms with Crippen LogP contribution in [0.25, 0.3) is 0 Å². The Bertz CT molecular complexity index is 235. The summed E-state index contributed by atoms with van der Waals surface area (Å²) in [4.78, 5) is 11.3. The molecule has 1 aliphatic rings. The van der Waals surface area contributed by atoms with E-state index >= 15 is 0 Å². The lowest BCUT2D eigenvalue weighted by Gasteiger charge is -2.54. The lowest BCUT2D eigenvalue weighted by atomic mass is 9.62. The molecular weight excluding hydrogens is 276 g/mol. The maximum atomic E-state index is 11.3. The first kappa shape index (κ1) is 49.6. The van der Waals surface area contributed by atoms with Crippen molar-refractivity contribution in [1.82, 2.24) is 0 Å². The van der Waals surface area contributed by atoms with E-state index < -0.39 is 17.4 Å². The zero-order valence-corrected chi connectivity index (χ0v) is 9.93. The van der Waals surface area contributed by atoms with Crippen LogP contribution in [0.3, 0.4) is 0 Å². The largest absolute Gasteiger partial charge is 0.509 e. The van der Waals surface area contributed by atoms with Crippen molar-refractivity contribution < 1.29 is 14.3 Å². The molecule has 1 aliphatic heterocycles. The van der Waals surface area contributed by atoms with Crippen LogP contribution in [0, 0.1) is 5.41 Å². The van der Waals surface area contributed by atoms with Crippen molar-refractivity contribution in [3.8, 4) is 0 Å². The van der Waals surface area contributed by atoms with Crippen LogP contribution in [0.2, 0.25) is 0 Å². The molecule has 0 N–H and O–H groups in total. The van der Waals surface area contributed by atoms with Crippen LogP contribution in [0.1, 0.15) is 107 Å². The molecule has 0 aromatic heterocycles. The van der Waals surface area contributed by atoms with E-state index in [1.807, 2.05) is 27.7 Å². The van der Waals surface area contributed by atoms with Gasteiger partial charge >= 0.3 is 6.16 Å². The van der Waals surface area contributed by atoms with E-state index in [0.717, 1.165) is 6.42 Å². The van der Waals surface area contributed by atoms with Crippen LogP contribution in [-0.2, 0) is 9.47 Å². The fraction of sp³-hybridized carbons (Fsp3) is 0.947. The van der Waals surface area contributed by atoms with Crippen molar-refractivity contribution in [2.24, 2.45) is 5.41 Å². The van der Waals surface area contributed by atoms with Crippen LogP contribution in [0.5, 0.6) is 0 Å². The Morgan fingerprint density at radius 3 is 1.09 bits per heavy atom. The van der Waals surface area contributed by atoms with Gasteiger partial charge in [-0.3, -0.25) is 0 Å². The summed E-state index contributed by atoms with van der Waals surface area (Å²) in [7, 11) is 0. The number of rotatable bonds is 1. The Labute approximate surface area is 145 Å². The van der Waals surface area contributed by atoms with Gasteiger partial charge in [0.25, 0.3) is 0 Å². The molecule has 1 rings (SSSR count). The highest BCUT2D eigenvalue weighted by molar-refractivity contribution is 5.62. The molecule has 22 heavy (non-hydrogen) atoms. The average Bonchev–Trinajstić information content (AvgIpc) is 1.97. The highest BCUT2D eigenvalue weighted by Crippen LogP contribution is 2.50. The summed E-state index contributed by atoms with van der Waals surface area (Å²) in [6, 6.07) is 0. The topological polar surface area (TPSA) is 35.5 Å². The normalized spacial score (nSPS) is 17.6. The first-order valence-corrected chi connectivity index (χ1v) is 5.08. The highest BCUT2D eigenvalue weighted by atomic mass is 16.8. The van der Waals surface area contributed by atoms with E-state index in [1.165, 1.54) is 0 Å². The Morgan fingerprint density at radius 2 is 0.909 bits per heavy atom. The molecule has 0 aliphatic carbocycles. The molecule has 0 radical (unpaired) electrons. The Hall–Kier alpha value is -0.730. The van der Waals surface area contributed by atoms with E-state index in [4.69, 9.17) is 9.47 Å². The van der Waals surface area contributed by atoms with Gasteiger partial charge in [-0.05, 0) is 34.1 Å². The molecule has 1 saturated heterocycles. The molecule has 3 heteroatoms. The van der Waals surface area contributed by atoms with Crippen molar-refractivity contribution >= 4 is 6.16 Å². The fourth-order valence-corrected chi connectivity index (χ4v) is 2.24. The lowest BCUT2D eigenvalue weighted by molar-refractivity contribution is -0.227. The van der Waals surface area contributed by atoms with E-state index in [-0.39, 0.29) is 64.8 Å². The molecule has 1 fully saturated rings. The molecule has 0 aromatic rings. The number of carbonyl (C=O) groups excluding carboxylic acids is 1. The number of carbonyl (C=O) groups is 1. The van der Waals surface area contributed by atoms with Crippen LogP contribution >= 0.6 is 0 Å². The van der Waals surface area contributed by atoms with Gasteiger partial charge in [0, 0.05) is 5.41 Å². The summed E-state index contributed by atoms with van der Waals surface area (Å²) in [6.07, 6.45) is 0.339. The van der Waals surface area contributed by atoms with Gasteiger partial charge in [0.2, 0.25) is 0 Å². The van der Waals surface area contributed by atoms with Gasteiger partial charge in [-0.25, -0.2) is 4.79 Å². The molecular formula is C19H52O3. The standard InChI is InChI=1S/C11H20O3.8CH4/c1-7-11(6)9(2,3)13-8(12)14-10(11,4)5;;;;;;;;/h7H2,1-6H3;8*1H4. The van der Waals surface area contributed by atoms with E-state index in [9.17, 15) is 4.79 Å². The van der Waals surface area contributed by atoms with Crippen LogP contribution in [0.4, 0.5) is 4.79 Å². The van der Waals surface area contributed by atoms with Crippen LogP contribution in [0.15, 0.2) is 0 Å². The summed E-state index contributed by atoms with van der Waals surface area (Å²) < 4.78 is 10.5. The maximum absolute atomic E-state index is 11.3. The van der Waals surface area contributed by atoms with E-state index in [1.54, 1.807) is 0 Å². The first-order valence-electron chi connectivity index (χ1n) is 5.08. The molecule has 0 spiro atoms. The second-order valence-electron chi connectivity index (χ2n) is 5.16. The minimum Gasteiger partial charge on any atom is -0.428 e. The van der Waals surface area contributed by atoms with E-state index in [2.05, 4.69) is 13.8 Å². The van der Waals surface area contributed by atoms with Gasteiger partial charge in [0.1, 0.15) is 11.2 Å². The van der Waals surface area contributed by atoms with Gasteiger partial charge in [-0.2, -0.15) is 0 Å². The van der Waals surface area contributed by atoms with Crippen LogP contribution < -0.4 is 0 Å². The number of cyclic esters (lactones) is 2. The van der Waals surface area contributed by atoms with Crippen molar-refractivity contribution in [3.05, 3.63) is 0 Å². The second kappa shape index (κ2) is 13.9. The molecule has 3 nitrogen and oxygen atoms in total. The predicted molar refractivity (Wildman–Crippen MR) is 108 cm³/mol.